The first kappa shape index (κ1) is 15.6. The topological polar surface area (TPSA) is 103 Å². The first-order chi connectivity index (χ1) is 10.5. The second kappa shape index (κ2) is 6.30. The predicted molar refractivity (Wildman–Crippen MR) is 75.0 cm³/mol. The van der Waals surface area contributed by atoms with Crippen LogP contribution in [0.1, 0.15) is 23.7 Å². The molecule has 7 heteroatoms. The molecule has 116 valence electrons. The Morgan fingerprint density at radius 3 is 2.68 bits per heavy atom. The molecular weight excluding hydrogens is 292 g/mol. The maximum atomic E-state index is 12.2. The first-order valence-electron chi connectivity index (χ1n) is 6.49. The Morgan fingerprint density at radius 2 is 2.05 bits per heavy atom. The van der Waals surface area contributed by atoms with E-state index < -0.39 is 24.0 Å². The van der Waals surface area contributed by atoms with E-state index in [2.05, 4.69) is 4.74 Å². The number of fused-ring (bicyclic) bond motifs is 1. The van der Waals surface area contributed by atoms with Crippen LogP contribution in [0.15, 0.2) is 22.8 Å². The number of carbonyl (C=O) groups is 3. The Bertz CT molecular complexity index is 742. The fourth-order valence-electron chi connectivity index (χ4n) is 2.07. The Balaban J connectivity index is 2.37. The summed E-state index contributed by atoms with van der Waals surface area (Å²) in [5.41, 5.74) is 0.164. The van der Waals surface area contributed by atoms with Crippen molar-refractivity contribution < 1.29 is 33.4 Å². The number of carbonyl (C=O) groups excluding carboxylic acids is 3. The van der Waals surface area contributed by atoms with Crippen molar-refractivity contribution in [1.29, 1.82) is 0 Å². The summed E-state index contributed by atoms with van der Waals surface area (Å²) >= 11 is 0. The van der Waals surface area contributed by atoms with Crippen molar-refractivity contribution in [3.63, 3.8) is 0 Å². The van der Waals surface area contributed by atoms with Gasteiger partial charge in [0.2, 0.25) is 5.78 Å². The van der Waals surface area contributed by atoms with Gasteiger partial charge in [0, 0.05) is 6.07 Å². The van der Waals surface area contributed by atoms with Gasteiger partial charge in [-0.2, -0.15) is 0 Å². The lowest BCUT2D eigenvalue weighted by Crippen LogP contribution is -2.21. The van der Waals surface area contributed by atoms with E-state index in [-0.39, 0.29) is 23.7 Å². The van der Waals surface area contributed by atoms with Gasteiger partial charge < -0.3 is 19.0 Å². The van der Waals surface area contributed by atoms with Gasteiger partial charge in [0.15, 0.2) is 5.78 Å². The molecule has 0 aliphatic rings. The third kappa shape index (κ3) is 2.78. The quantitative estimate of drug-likeness (QED) is 0.376. The number of methoxy groups -OCH3 is 1. The highest BCUT2D eigenvalue weighted by Crippen LogP contribution is 2.37. The van der Waals surface area contributed by atoms with Gasteiger partial charge in [-0.05, 0) is 13.0 Å². The van der Waals surface area contributed by atoms with Crippen LogP contribution >= 0.6 is 0 Å². The van der Waals surface area contributed by atoms with Gasteiger partial charge in [-0.3, -0.25) is 9.59 Å². The number of esters is 1. The summed E-state index contributed by atoms with van der Waals surface area (Å²) in [5.74, 6) is -3.11. The normalized spacial score (nSPS) is 10.5. The molecule has 1 heterocycles. The average Bonchev–Trinajstić information content (AvgIpc) is 2.93. The van der Waals surface area contributed by atoms with Crippen molar-refractivity contribution in [1.82, 2.24) is 0 Å². The number of rotatable bonds is 6. The molecule has 0 saturated heterocycles. The third-order valence-corrected chi connectivity index (χ3v) is 3.00. The van der Waals surface area contributed by atoms with E-state index in [4.69, 9.17) is 9.15 Å². The second-order valence-electron chi connectivity index (χ2n) is 4.38. The number of hydrogen-bond acceptors (Lipinski definition) is 7. The van der Waals surface area contributed by atoms with Gasteiger partial charge >= 0.3 is 5.97 Å². The molecule has 0 saturated carbocycles. The highest BCUT2D eigenvalue weighted by molar-refractivity contribution is 6.38. The van der Waals surface area contributed by atoms with E-state index in [0.29, 0.717) is 11.0 Å². The fraction of sp³-hybridized carbons (Fsp3) is 0.267. The minimum atomic E-state index is -1.08. The van der Waals surface area contributed by atoms with Crippen LogP contribution in [0.25, 0.3) is 11.0 Å². The summed E-state index contributed by atoms with van der Waals surface area (Å²) in [6, 6.07) is 2.82. The standard InChI is InChI=1S/C15H14O7/c1-3-21-15(19)11(18)6-9(16)13-10(17)7-12-8(4-5-22-12)14(13)20-2/h4-5,7,17H,3,6H2,1-2H3. The van der Waals surface area contributed by atoms with Crippen LogP contribution in [0.5, 0.6) is 11.5 Å². The van der Waals surface area contributed by atoms with Crippen molar-refractivity contribution in [3.05, 3.63) is 24.0 Å². The minimum Gasteiger partial charge on any atom is -0.507 e. The molecule has 22 heavy (non-hydrogen) atoms. The fourth-order valence-corrected chi connectivity index (χ4v) is 2.07. The number of furan rings is 1. The largest absolute Gasteiger partial charge is 0.507 e. The van der Waals surface area contributed by atoms with Crippen LogP contribution in [0.2, 0.25) is 0 Å². The first-order valence-corrected chi connectivity index (χ1v) is 6.49. The molecule has 2 aromatic rings. The third-order valence-electron chi connectivity index (χ3n) is 3.00. The molecule has 7 nitrogen and oxygen atoms in total. The highest BCUT2D eigenvalue weighted by atomic mass is 16.5. The molecular formula is C15H14O7. The van der Waals surface area contributed by atoms with Crippen LogP contribution < -0.4 is 4.74 Å². The van der Waals surface area contributed by atoms with E-state index in [9.17, 15) is 19.5 Å². The van der Waals surface area contributed by atoms with E-state index in [1.54, 1.807) is 13.0 Å². The van der Waals surface area contributed by atoms with Gasteiger partial charge in [0.25, 0.3) is 0 Å². The molecule has 0 radical (unpaired) electrons. The molecule has 0 unspecified atom stereocenters. The predicted octanol–water partition coefficient (Wildman–Crippen LogP) is 1.85. The van der Waals surface area contributed by atoms with Gasteiger partial charge in [0.05, 0.1) is 31.8 Å². The minimum absolute atomic E-state index is 0.0360. The molecule has 1 aromatic carbocycles. The van der Waals surface area contributed by atoms with Crippen LogP contribution in [0, 0.1) is 0 Å². The van der Waals surface area contributed by atoms with Gasteiger partial charge in [-0.1, -0.05) is 0 Å². The second-order valence-corrected chi connectivity index (χ2v) is 4.38. The summed E-state index contributed by atoms with van der Waals surface area (Å²) in [4.78, 5) is 35.1. The number of ketones is 2. The summed E-state index contributed by atoms with van der Waals surface area (Å²) in [7, 11) is 1.32. The summed E-state index contributed by atoms with van der Waals surface area (Å²) in [6.07, 6.45) is 0.663. The number of ether oxygens (including phenoxy) is 2. The maximum Gasteiger partial charge on any atom is 0.375 e. The lowest BCUT2D eigenvalue weighted by Gasteiger charge is -2.10. The van der Waals surface area contributed by atoms with E-state index in [0.717, 1.165) is 0 Å². The molecule has 0 atom stereocenters. The summed E-state index contributed by atoms with van der Waals surface area (Å²) < 4.78 is 14.8. The zero-order valence-electron chi connectivity index (χ0n) is 12.0. The highest BCUT2D eigenvalue weighted by Gasteiger charge is 2.26. The molecule has 0 fully saturated rings. The van der Waals surface area contributed by atoms with Crippen molar-refractivity contribution in [2.24, 2.45) is 0 Å². The number of Topliss-reactive ketones (excluding diaryl/α,β-unsaturated/α-hetero) is 2. The van der Waals surface area contributed by atoms with Crippen LogP contribution in [-0.2, 0) is 14.3 Å². The average molecular weight is 306 g/mol. The molecule has 2 rings (SSSR count). The van der Waals surface area contributed by atoms with Gasteiger partial charge in [0.1, 0.15) is 22.6 Å². The van der Waals surface area contributed by atoms with Crippen LogP contribution in [0.3, 0.4) is 0 Å². The van der Waals surface area contributed by atoms with Crippen LogP contribution in [0.4, 0.5) is 0 Å². The van der Waals surface area contributed by atoms with Crippen LogP contribution in [-0.4, -0.2) is 36.4 Å². The lowest BCUT2D eigenvalue weighted by molar-refractivity contribution is -0.153. The number of aromatic hydroxyl groups is 1. The smallest absolute Gasteiger partial charge is 0.375 e. The number of benzene rings is 1. The van der Waals surface area contributed by atoms with Gasteiger partial charge in [-0.15, -0.1) is 0 Å². The Hall–Kier alpha value is -2.83. The zero-order chi connectivity index (χ0) is 16.3. The maximum absolute atomic E-state index is 12.2. The van der Waals surface area contributed by atoms with Gasteiger partial charge in [-0.25, -0.2) is 4.79 Å². The molecule has 0 aliphatic carbocycles. The van der Waals surface area contributed by atoms with Crippen molar-refractivity contribution >= 4 is 28.5 Å². The molecule has 0 aliphatic heterocycles. The monoisotopic (exact) mass is 306 g/mol. The van der Waals surface area contributed by atoms with Crippen molar-refractivity contribution in [2.75, 3.05) is 13.7 Å². The van der Waals surface area contributed by atoms with Crippen molar-refractivity contribution in [2.45, 2.75) is 13.3 Å². The molecule has 1 N–H and O–H groups in total. The van der Waals surface area contributed by atoms with E-state index in [1.807, 2.05) is 0 Å². The van der Waals surface area contributed by atoms with E-state index in [1.165, 1.54) is 19.4 Å². The number of phenolic OH excluding ortho intramolecular Hbond substituents is 1. The SMILES string of the molecule is CCOC(=O)C(=O)CC(=O)c1c(O)cc2occc2c1OC. The number of hydrogen-bond donors (Lipinski definition) is 1. The molecule has 0 spiro atoms. The Morgan fingerprint density at radius 1 is 1.32 bits per heavy atom. The molecule has 1 aromatic heterocycles. The number of phenols is 1. The Kier molecular flexibility index (Phi) is 4.45. The summed E-state index contributed by atoms with van der Waals surface area (Å²) in [5, 5.41) is 10.5. The molecule has 0 bridgehead atoms. The Labute approximate surface area is 125 Å². The van der Waals surface area contributed by atoms with E-state index >= 15 is 0 Å². The summed E-state index contributed by atoms with van der Waals surface area (Å²) in [6.45, 7) is 1.59. The van der Waals surface area contributed by atoms with Crippen molar-refractivity contribution in [3.8, 4) is 11.5 Å². The zero-order valence-corrected chi connectivity index (χ0v) is 12.0. The molecule has 0 amide bonds. The lowest BCUT2D eigenvalue weighted by atomic mass is 10.0.